The Balaban J connectivity index is 1.97. The summed E-state index contributed by atoms with van der Waals surface area (Å²) >= 11 is 5.04. The lowest BCUT2D eigenvalue weighted by atomic mass is 10.1. The van der Waals surface area contributed by atoms with E-state index in [4.69, 9.17) is 12.2 Å². The van der Waals surface area contributed by atoms with E-state index in [0.717, 1.165) is 0 Å². The number of anilines is 1. The van der Waals surface area contributed by atoms with E-state index in [0.29, 0.717) is 16.8 Å². The highest BCUT2D eigenvalue weighted by Gasteiger charge is 2.14. The van der Waals surface area contributed by atoms with Crippen molar-refractivity contribution in [2.75, 3.05) is 5.32 Å². The fourth-order valence-corrected chi connectivity index (χ4v) is 2.35. The van der Waals surface area contributed by atoms with Gasteiger partial charge < -0.3 is 5.32 Å². The van der Waals surface area contributed by atoms with E-state index in [1.54, 1.807) is 13.0 Å². The van der Waals surface area contributed by atoms with Crippen molar-refractivity contribution in [3.05, 3.63) is 79.9 Å². The molecule has 0 aromatic heterocycles. The molecule has 1 amide bonds. The third-order valence-corrected chi connectivity index (χ3v) is 3.72. The summed E-state index contributed by atoms with van der Waals surface area (Å²) in [7, 11) is 0. The van der Waals surface area contributed by atoms with Crippen LogP contribution in [0.3, 0.4) is 0 Å². The second-order valence-corrected chi connectivity index (χ2v) is 5.74. The highest BCUT2D eigenvalue weighted by Crippen LogP contribution is 2.24. The zero-order valence-electron chi connectivity index (χ0n) is 14.0. The average molecular weight is 386 g/mol. The van der Waals surface area contributed by atoms with Gasteiger partial charge >= 0.3 is 0 Å². The summed E-state index contributed by atoms with van der Waals surface area (Å²) in [5.74, 6) is -0.520. The minimum atomic E-state index is -0.520. The first-order chi connectivity index (χ1) is 12.8. The molecule has 0 aliphatic carbocycles. The van der Waals surface area contributed by atoms with Gasteiger partial charge in [0.15, 0.2) is 5.11 Å². The fourth-order valence-electron chi connectivity index (χ4n) is 2.14. The van der Waals surface area contributed by atoms with Gasteiger partial charge in [0.25, 0.3) is 11.4 Å². The Hall–Kier alpha value is -3.66. The minimum Gasteiger partial charge on any atom is -0.332 e. The molecule has 0 fully saturated rings. The second kappa shape index (κ2) is 8.63. The molecular formula is C17H14N4O5S. The van der Waals surface area contributed by atoms with Crippen molar-refractivity contribution in [3.8, 4) is 0 Å². The van der Waals surface area contributed by atoms with Crippen molar-refractivity contribution < 1.29 is 14.6 Å². The van der Waals surface area contributed by atoms with Crippen LogP contribution in [0.2, 0.25) is 0 Å². The fraction of sp³-hybridized carbons (Fsp3) is 0.0588. The molecule has 0 bridgehead atoms. The van der Waals surface area contributed by atoms with Crippen LogP contribution in [0.15, 0.2) is 48.5 Å². The van der Waals surface area contributed by atoms with Gasteiger partial charge in [0.2, 0.25) is 5.91 Å². The maximum atomic E-state index is 11.9. The predicted molar refractivity (Wildman–Crippen MR) is 104 cm³/mol. The highest BCUT2D eigenvalue weighted by molar-refractivity contribution is 7.80. The van der Waals surface area contributed by atoms with Crippen LogP contribution in [0.5, 0.6) is 0 Å². The number of nitrogens with zero attached hydrogens (tertiary/aromatic N) is 2. The Labute approximate surface area is 159 Å². The Morgan fingerprint density at radius 2 is 1.74 bits per heavy atom. The molecule has 2 N–H and O–H groups in total. The Bertz CT molecular complexity index is 941. The van der Waals surface area contributed by atoms with E-state index in [1.807, 2.05) is 0 Å². The van der Waals surface area contributed by atoms with Crippen LogP contribution in [0.1, 0.15) is 11.1 Å². The average Bonchev–Trinajstić information content (AvgIpc) is 2.61. The van der Waals surface area contributed by atoms with E-state index in [2.05, 4.69) is 10.6 Å². The summed E-state index contributed by atoms with van der Waals surface area (Å²) in [5.41, 5.74) is 1.29. The molecule has 0 atom stereocenters. The quantitative estimate of drug-likeness (QED) is 0.349. The van der Waals surface area contributed by atoms with Crippen LogP contribution in [0.4, 0.5) is 17.1 Å². The zero-order valence-corrected chi connectivity index (χ0v) is 14.9. The van der Waals surface area contributed by atoms with Crippen LogP contribution >= 0.6 is 12.2 Å². The molecule has 0 aliphatic rings. The SMILES string of the molecule is Cc1c(NC(=S)NC(=O)/C=C/c2ccc([N+](=O)[O-])cc2)cccc1[N+](=O)[O-]. The van der Waals surface area contributed by atoms with Crippen molar-refractivity contribution in [2.24, 2.45) is 0 Å². The van der Waals surface area contributed by atoms with Crippen LogP contribution in [-0.2, 0) is 4.79 Å². The third kappa shape index (κ3) is 5.41. The molecule has 0 spiro atoms. The number of carbonyl (C=O) groups is 1. The van der Waals surface area contributed by atoms with Gasteiger partial charge in [-0.25, -0.2) is 0 Å². The highest BCUT2D eigenvalue weighted by atomic mass is 32.1. The largest absolute Gasteiger partial charge is 0.332 e. The van der Waals surface area contributed by atoms with Gasteiger partial charge in [-0.15, -0.1) is 0 Å². The van der Waals surface area contributed by atoms with E-state index < -0.39 is 15.8 Å². The summed E-state index contributed by atoms with van der Waals surface area (Å²) in [6, 6.07) is 10.1. The first-order valence-corrected chi connectivity index (χ1v) is 7.97. The van der Waals surface area contributed by atoms with Crippen LogP contribution in [0.25, 0.3) is 6.08 Å². The summed E-state index contributed by atoms with van der Waals surface area (Å²) in [4.78, 5) is 32.4. The molecule has 0 saturated carbocycles. The van der Waals surface area contributed by atoms with E-state index in [-0.39, 0.29) is 16.5 Å². The van der Waals surface area contributed by atoms with Gasteiger partial charge in [-0.2, -0.15) is 0 Å². The van der Waals surface area contributed by atoms with E-state index in [9.17, 15) is 25.0 Å². The molecule has 10 heteroatoms. The topological polar surface area (TPSA) is 127 Å². The molecule has 0 radical (unpaired) electrons. The molecule has 2 aromatic carbocycles. The molecule has 27 heavy (non-hydrogen) atoms. The normalized spacial score (nSPS) is 10.4. The van der Waals surface area contributed by atoms with Gasteiger partial charge in [0, 0.05) is 24.3 Å². The summed E-state index contributed by atoms with van der Waals surface area (Å²) in [6.07, 6.45) is 2.69. The second-order valence-electron chi connectivity index (χ2n) is 5.33. The van der Waals surface area contributed by atoms with Crippen molar-refractivity contribution in [1.29, 1.82) is 0 Å². The molecule has 138 valence electrons. The lowest BCUT2D eigenvalue weighted by Gasteiger charge is -2.10. The number of non-ortho nitro benzene ring substituents is 1. The van der Waals surface area contributed by atoms with Crippen molar-refractivity contribution in [3.63, 3.8) is 0 Å². The number of amides is 1. The van der Waals surface area contributed by atoms with Crippen molar-refractivity contribution in [2.45, 2.75) is 6.92 Å². The molecule has 0 saturated heterocycles. The van der Waals surface area contributed by atoms with Crippen LogP contribution < -0.4 is 10.6 Å². The molecule has 0 unspecified atom stereocenters. The first-order valence-electron chi connectivity index (χ1n) is 7.56. The summed E-state index contributed by atoms with van der Waals surface area (Å²) in [6.45, 7) is 1.57. The van der Waals surface area contributed by atoms with Crippen molar-refractivity contribution >= 4 is 46.4 Å². The van der Waals surface area contributed by atoms with E-state index in [1.165, 1.54) is 48.6 Å². The smallest absolute Gasteiger partial charge is 0.274 e. The Morgan fingerprint density at radius 1 is 1.07 bits per heavy atom. The predicted octanol–water partition coefficient (Wildman–Crippen LogP) is 3.34. The number of thiocarbonyl (C=S) groups is 1. The van der Waals surface area contributed by atoms with E-state index >= 15 is 0 Å². The van der Waals surface area contributed by atoms with Gasteiger partial charge in [0.05, 0.1) is 21.1 Å². The standard InChI is InChI=1S/C17H14N4O5S/c1-11-14(3-2-4-15(11)21(25)26)18-17(27)19-16(22)10-7-12-5-8-13(9-6-12)20(23)24/h2-10H,1H3,(H2,18,19,22,27)/b10-7+. The number of benzene rings is 2. The minimum absolute atomic E-state index is 0.0167. The zero-order chi connectivity index (χ0) is 20.0. The number of nitro groups is 2. The molecule has 9 nitrogen and oxygen atoms in total. The summed E-state index contributed by atoms with van der Waals surface area (Å²) in [5, 5.41) is 26.7. The molecule has 2 aromatic rings. The number of rotatable bonds is 5. The molecular weight excluding hydrogens is 372 g/mol. The Morgan fingerprint density at radius 3 is 2.33 bits per heavy atom. The number of carbonyl (C=O) groups excluding carboxylic acids is 1. The number of hydrogen-bond donors (Lipinski definition) is 2. The van der Waals surface area contributed by atoms with Gasteiger partial charge in [0.1, 0.15) is 0 Å². The van der Waals surface area contributed by atoms with Gasteiger partial charge in [-0.05, 0) is 49.0 Å². The number of nitrogens with one attached hydrogen (secondary N) is 2. The van der Waals surface area contributed by atoms with Crippen LogP contribution in [-0.4, -0.2) is 20.9 Å². The van der Waals surface area contributed by atoms with Crippen molar-refractivity contribution in [1.82, 2.24) is 5.32 Å². The Kier molecular flexibility index (Phi) is 6.28. The van der Waals surface area contributed by atoms with Gasteiger partial charge in [-0.3, -0.25) is 30.3 Å². The van der Waals surface area contributed by atoms with Crippen LogP contribution in [0, 0.1) is 27.2 Å². The monoisotopic (exact) mass is 386 g/mol. The maximum Gasteiger partial charge on any atom is 0.274 e. The molecule has 0 heterocycles. The lowest BCUT2D eigenvalue weighted by molar-refractivity contribution is -0.385. The number of nitro benzene ring substituents is 2. The first kappa shape index (κ1) is 19.7. The van der Waals surface area contributed by atoms with Gasteiger partial charge in [-0.1, -0.05) is 6.07 Å². The number of hydrogen-bond acceptors (Lipinski definition) is 6. The summed E-state index contributed by atoms with van der Waals surface area (Å²) < 4.78 is 0. The lowest BCUT2D eigenvalue weighted by Crippen LogP contribution is -2.33. The third-order valence-electron chi connectivity index (χ3n) is 3.52. The molecule has 0 aliphatic heterocycles. The maximum absolute atomic E-state index is 11.9. The molecule has 2 rings (SSSR count).